The molecule has 0 unspecified atom stereocenters. The van der Waals surface area contributed by atoms with Crippen molar-refractivity contribution in [2.75, 3.05) is 17.8 Å². The SMILES string of the molecule is Cc1cc(N)cc(Br)c1NC(=O)c1ccc2c(c1)OCO2. The number of hydrogen-bond donors (Lipinski definition) is 2. The Morgan fingerprint density at radius 1 is 1.24 bits per heavy atom. The van der Waals surface area contributed by atoms with Gasteiger partial charge in [0.2, 0.25) is 6.79 Å². The van der Waals surface area contributed by atoms with Gasteiger partial charge in [0, 0.05) is 15.7 Å². The molecule has 1 aliphatic rings. The second-order valence-electron chi connectivity index (χ2n) is 4.72. The first-order valence-electron chi connectivity index (χ1n) is 6.31. The van der Waals surface area contributed by atoms with E-state index in [2.05, 4.69) is 21.2 Å². The number of aryl methyl sites for hydroxylation is 1. The summed E-state index contributed by atoms with van der Waals surface area (Å²) in [5.41, 5.74) is 8.49. The third-order valence-electron chi connectivity index (χ3n) is 3.18. The molecule has 1 heterocycles. The van der Waals surface area contributed by atoms with Crippen molar-refractivity contribution in [3.8, 4) is 11.5 Å². The molecule has 1 aliphatic heterocycles. The first kappa shape index (κ1) is 13.8. The Kier molecular flexibility index (Phi) is 3.47. The lowest BCUT2D eigenvalue weighted by Crippen LogP contribution is -2.13. The highest BCUT2D eigenvalue weighted by Gasteiger charge is 2.17. The molecule has 0 aromatic heterocycles. The topological polar surface area (TPSA) is 73.6 Å². The van der Waals surface area contributed by atoms with E-state index >= 15 is 0 Å². The Labute approximate surface area is 130 Å². The molecule has 2 aromatic carbocycles. The van der Waals surface area contributed by atoms with Crippen LogP contribution in [0.1, 0.15) is 15.9 Å². The number of benzene rings is 2. The normalized spacial score (nSPS) is 12.3. The van der Waals surface area contributed by atoms with E-state index in [-0.39, 0.29) is 12.7 Å². The van der Waals surface area contributed by atoms with Crippen LogP contribution in [0.2, 0.25) is 0 Å². The number of amides is 1. The second kappa shape index (κ2) is 5.29. The minimum Gasteiger partial charge on any atom is -0.454 e. The summed E-state index contributed by atoms with van der Waals surface area (Å²) in [4.78, 5) is 12.3. The van der Waals surface area contributed by atoms with Crippen LogP contribution in [0, 0.1) is 6.92 Å². The van der Waals surface area contributed by atoms with Gasteiger partial charge in [0.15, 0.2) is 11.5 Å². The predicted molar refractivity (Wildman–Crippen MR) is 83.8 cm³/mol. The van der Waals surface area contributed by atoms with Crippen LogP contribution in [0.25, 0.3) is 0 Å². The fraction of sp³-hybridized carbons (Fsp3) is 0.133. The van der Waals surface area contributed by atoms with Gasteiger partial charge in [0.1, 0.15) is 0 Å². The number of rotatable bonds is 2. The zero-order chi connectivity index (χ0) is 15.0. The lowest BCUT2D eigenvalue weighted by Gasteiger charge is -2.12. The fourth-order valence-corrected chi connectivity index (χ4v) is 2.83. The van der Waals surface area contributed by atoms with E-state index in [0.717, 1.165) is 10.0 Å². The molecule has 3 rings (SSSR count). The average Bonchev–Trinajstić information content (AvgIpc) is 2.89. The molecule has 0 radical (unpaired) electrons. The quantitative estimate of drug-likeness (QED) is 0.816. The van der Waals surface area contributed by atoms with Gasteiger partial charge in [0.25, 0.3) is 5.91 Å². The van der Waals surface area contributed by atoms with E-state index in [1.165, 1.54) is 0 Å². The molecular weight excluding hydrogens is 336 g/mol. The van der Waals surface area contributed by atoms with E-state index in [0.29, 0.717) is 28.4 Å². The maximum atomic E-state index is 12.3. The summed E-state index contributed by atoms with van der Waals surface area (Å²) in [5.74, 6) is 1.01. The average molecular weight is 349 g/mol. The van der Waals surface area contributed by atoms with Crippen LogP contribution in [-0.4, -0.2) is 12.7 Å². The van der Waals surface area contributed by atoms with Crippen LogP contribution in [0.3, 0.4) is 0 Å². The Morgan fingerprint density at radius 3 is 2.76 bits per heavy atom. The summed E-state index contributed by atoms with van der Waals surface area (Å²) in [6.07, 6.45) is 0. The molecule has 0 saturated carbocycles. The molecule has 1 amide bonds. The van der Waals surface area contributed by atoms with Crippen molar-refractivity contribution in [2.24, 2.45) is 0 Å². The summed E-state index contributed by atoms with van der Waals surface area (Å²) in [7, 11) is 0. The lowest BCUT2D eigenvalue weighted by atomic mass is 10.1. The first-order chi connectivity index (χ1) is 10.0. The number of carbonyl (C=O) groups excluding carboxylic acids is 1. The summed E-state index contributed by atoms with van der Waals surface area (Å²) in [6.45, 7) is 2.07. The minimum atomic E-state index is -0.220. The number of halogens is 1. The van der Waals surface area contributed by atoms with Gasteiger partial charge in [-0.1, -0.05) is 0 Å². The van der Waals surface area contributed by atoms with Crippen LogP contribution in [0.5, 0.6) is 11.5 Å². The highest BCUT2D eigenvalue weighted by atomic mass is 79.9. The molecule has 108 valence electrons. The third-order valence-corrected chi connectivity index (χ3v) is 3.81. The molecule has 0 atom stereocenters. The molecule has 2 aromatic rings. The minimum absolute atomic E-state index is 0.184. The zero-order valence-corrected chi connectivity index (χ0v) is 12.9. The molecule has 0 bridgehead atoms. The summed E-state index contributed by atoms with van der Waals surface area (Å²) in [6, 6.07) is 8.64. The van der Waals surface area contributed by atoms with Crippen molar-refractivity contribution >= 4 is 33.2 Å². The van der Waals surface area contributed by atoms with Crippen molar-refractivity contribution in [3.05, 3.63) is 45.9 Å². The van der Waals surface area contributed by atoms with Gasteiger partial charge in [-0.3, -0.25) is 4.79 Å². The van der Waals surface area contributed by atoms with Crippen molar-refractivity contribution in [3.63, 3.8) is 0 Å². The number of nitrogens with two attached hydrogens (primary N) is 1. The van der Waals surface area contributed by atoms with E-state index < -0.39 is 0 Å². The van der Waals surface area contributed by atoms with Crippen LogP contribution < -0.4 is 20.5 Å². The van der Waals surface area contributed by atoms with Crippen LogP contribution in [0.15, 0.2) is 34.8 Å². The van der Waals surface area contributed by atoms with Gasteiger partial charge in [0.05, 0.1) is 5.69 Å². The van der Waals surface area contributed by atoms with Gasteiger partial charge in [-0.2, -0.15) is 0 Å². The van der Waals surface area contributed by atoms with Gasteiger partial charge in [-0.15, -0.1) is 0 Å². The van der Waals surface area contributed by atoms with Gasteiger partial charge in [-0.05, 0) is 58.7 Å². The van der Waals surface area contributed by atoms with Gasteiger partial charge >= 0.3 is 0 Å². The number of fused-ring (bicyclic) bond motifs is 1. The molecule has 21 heavy (non-hydrogen) atoms. The van der Waals surface area contributed by atoms with Gasteiger partial charge in [-0.25, -0.2) is 0 Å². The highest BCUT2D eigenvalue weighted by molar-refractivity contribution is 9.10. The summed E-state index contributed by atoms with van der Waals surface area (Å²) < 4.78 is 11.2. The molecule has 0 spiro atoms. The van der Waals surface area contributed by atoms with Crippen LogP contribution >= 0.6 is 15.9 Å². The Morgan fingerprint density at radius 2 is 2.00 bits per heavy atom. The van der Waals surface area contributed by atoms with E-state index in [1.54, 1.807) is 30.3 Å². The Bertz CT molecular complexity index is 708. The van der Waals surface area contributed by atoms with Crippen molar-refractivity contribution in [1.29, 1.82) is 0 Å². The molecule has 3 N–H and O–H groups in total. The molecule has 0 aliphatic carbocycles. The number of hydrogen-bond acceptors (Lipinski definition) is 4. The number of anilines is 2. The molecule has 0 fully saturated rings. The monoisotopic (exact) mass is 348 g/mol. The smallest absolute Gasteiger partial charge is 0.255 e. The second-order valence-corrected chi connectivity index (χ2v) is 5.57. The largest absolute Gasteiger partial charge is 0.454 e. The highest BCUT2D eigenvalue weighted by Crippen LogP contribution is 2.33. The third kappa shape index (κ3) is 2.67. The van der Waals surface area contributed by atoms with E-state index in [9.17, 15) is 4.79 Å². The molecular formula is C15H13BrN2O3. The van der Waals surface area contributed by atoms with Crippen molar-refractivity contribution in [2.45, 2.75) is 6.92 Å². The maximum Gasteiger partial charge on any atom is 0.255 e. The summed E-state index contributed by atoms with van der Waals surface area (Å²) >= 11 is 3.41. The first-order valence-corrected chi connectivity index (χ1v) is 7.10. The fourth-order valence-electron chi connectivity index (χ4n) is 2.15. The van der Waals surface area contributed by atoms with Crippen molar-refractivity contribution in [1.82, 2.24) is 0 Å². The van der Waals surface area contributed by atoms with E-state index in [1.807, 2.05) is 6.92 Å². The Hall–Kier alpha value is -2.21. The molecule has 6 heteroatoms. The molecule has 5 nitrogen and oxygen atoms in total. The number of nitrogens with one attached hydrogen (secondary N) is 1. The van der Waals surface area contributed by atoms with Gasteiger partial charge < -0.3 is 20.5 Å². The standard InChI is InChI=1S/C15H13BrN2O3/c1-8-4-10(17)6-11(16)14(8)18-15(19)9-2-3-12-13(5-9)21-7-20-12/h2-6H,7,17H2,1H3,(H,18,19). The number of nitrogen functional groups attached to an aromatic ring is 1. The number of ether oxygens (including phenoxy) is 2. The van der Waals surface area contributed by atoms with E-state index in [4.69, 9.17) is 15.2 Å². The molecule has 0 saturated heterocycles. The predicted octanol–water partition coefficient (Wildman–Crippen LogP) is 3.32. The van der Waals surface area contributed by atoms with Crippen LogP contribution in [0.4, 0.5) is 11.4 Å². The van der Waals surface area contributed by atoms with Crippen LogP contribution in [-0.2, 0) is 0 Å². The number of carbonyl (C=O) groups is 1. The summed E-state index contributed by atoms with van der Waals surface area (Å²) in [5, 5.41) is 2.88. The maximum absolute atomic E-state index is 12.3. The van der Waals surface area contributed by atoms with Crippen molar-refractivity contribution < 1.29 is 14.3 Å². The zero-order valence-electron chi connectivity index (χ0n) is 11.3. The lowest BCUT2D eigenvalue weighted by molar-refractivity contribution is 0.102. The Balaban J connectivity index is 1.87.